The molecule has 0 bridgehead atoms. The monoisotopic (exact) mass is 344 g/mol. The fraction of sp³-hybridized carbons (Fsp3) is 0.176. The van der Waals surface area contributed by atoms with Gasteiger partial charge in [-0.3, -0.25) is 14.3 Å². The Kier molecular flexibility index (Phi) is 4.37. The van der Waals surface area contributed by atoms with Crippen molar-refractivity contribution in [2.24, 2.45) is 0 Å². The molecular formula is C17H17N2O4P. The molecule has 2 aromatic rings. The van der Waals surface area contributed by atoms with Crippen molar-refractivity contribution in [2.75, 3.05) is 19.5 Å². The van der Waals surface area contributed by atoms with E-state index in [4.69, 9.17) is 9.05 Å². The van der Waals surface area contributed by atoms with Crippen LogP contribution in [0.2, 0.25) is 0 Å². The molecule has 0 saturated carbocycles. The molecule has 2 heterocycles. The summed E-state index contributed by atoms with van der Waals surface area (Å²) in [4.78, 5) is 16.7. The SMILES string of the molecule is COP(=O)(OC)c1ccc2c(c1)NC(=O)C2=Cc1cccc(C)n1. The molecule has 0 spiro atoms. The fourth-order valence-corrected chi connectivity index (χ4v) is 3.69. The van der Waals surface area contributed by atoms with Gasteiger partial charge >= 0.3 is 7.60 Å². The van der Waals surface area contributed by atoms with E-state index in [-0.39, 0.29) is 5.91 Å². The lowest BCUT2D eigenvalue weighted by Crippen LogP contribution is -2.09. The molecule has 0 unspecified atom stereocenters. The topological polar surface area (TPSA) is 77.5 Å². The molecule has 0 saturated heterocycles. The summed E-state index contributed by atoms with van der Waals surface area (Å²) in [5, 5.41) is 3.17. The summed E-state index contributed by atoms with van der Waals surface area (Å²) in [5.41, 5.74) is 3.40. The summed E-state index contributed by atoms with van der Waals surface area (Å²) in [6, 6.07) is 10.6. The smallest absolute Gasteiger partial charge is 0.321 e. The molecule has 3 rings (SSSR count). The summed E-state index contributed by atoms with van der Waals surface area (Å²) in [6.45, 7) is 1.89. The van der Waals surface area contributed by atoms with Crippen LogP contribution in [0.15, 0.2) is 36.4 Å². The number of pyridine rings is 1. The first-order valence-corrected chi connectivity index (χ1v) is 8.84. The first-order valence-electron chi connectivity index (χ1n) is 7.30. The number of hydrogen-bond acceptors (Lipinski definition) is 5. The lowest BCUT2D eigenvalue weighted by Gasteiger charge is -2.14. The Balaban J connectivity index is 2.05. The zero-order chi connectivity index (χ0) is 17.3. The molecule has 0 fully saturated rings. The highest BCUT2D eigenvalue weighted by atomic mass is 31.2. The van der Waals surface area contributed by atoms with Crippen LogP contribution in [0.4, 0.5) is 5.69 Å². The second-order valence-electron chi connectivity index (χ2n) is 5.31. The van der Waals surface area contributed by atoms with Gasteiger partial charge in [-0.15, -0.1) is 0 Å². The van der Waals surface area contributed by atoms with Crippen LogP contribution < -0.4 is 10.6 Å². The minimum Gasteiger partial charge on any atom is -0.321 e. The normalized spacial score (nSPS) is 15.5. The zero-order valence-corrected chi connectivity index (χ0v) is 14.5. The minimum atomic E-state index is -3.36. The molecule has 1 aromatic heterocycles. The Morgan fingerprint density at radius 2 is 1.92 bits per heavy atom. The van der Waals surface area contributed by atoms with E-state index in [1.54, 1.807) is 24.3 Å². The van der Waals surface area contributed by atoms with Gasteiger partial charge in [-0.05, 0) is 37.3 Å². The number of hydrogen-bond donors (Lipinski definition) is 1. The van der Waals surface area contributed by atoms with Crippen LogP contribution in [0.5, 0.6) is 0 Å². The quantitative estimate of drug-likeness (QED) is 0.681. The van der Waals surface area contributed by atoms with Crippen molar-refractivity contribution in [3.63, 3.8) is 0 Å². The van der Waals surface area contributed by atoms with E-state index in [1.165, 1.54) is 14.2 Å². The average Bonchev–Trinajstić information content (AvgIpc) is 2.89. The summed E-state index contributed by atoms with van der Waals surface area (Å²) in [7, 11) is -0.713. The molecule has 6 nitrogen and oxygen atoms in total. The van der Waals surface area contributed by atoms with Crippen molar-refractivity contribution in [1.29, 1.82) is 0 Å². The van der Waals surface area contributed by atoms with E-state index >= 15 is 0 Å². The second-order valence-corrected chi connectivity index (χ2v) is 7.55. The van der Waals surface area contributed by atoms with Crippen LogP contribution in [-0.2, 0) is 18.4 Å². The minimum absolute atomic E-state index is 0.227. The maximum Gasteiger partial charge on any atom is 0.360 e. The molecule has 1 amide bonds. The molecular weight excluding hydrogens is 327 g/mol. The van der Waals surface area contributed by atoms with Crippen LogP contribution >= 0.6 is 7.60 Å². The van der Waals surface area contributed by atoms with E-state index in [0.29, 0.717) is 22.3 Å². The van der Waals surface area contributed by atoms with Crippen LogP contribution in [0.3, 0.4) is 0 Å². The van der Waals surface area contributed by atoms with Crippen LogP contribution in [0.25, 0.3) is 11.6 Å². The number of carbonyl (C=O) groups excluding carboxylic acids is 1. The highest BCUT2D eigenvalue weighted by Crippen LogP contribution is 2.46. The van der Waals surface area contributed by atoms with Crippen molar-refractivity contribution < 1.29 is 18.4 Å². The Bertz CT molecular complexity index is 884. The maximum atomic E-state index is 12.5. The predicted molar refractivity (Wildman–Crippen MR) is 93.2 cm³/mol. The number of anilines is 1. The third-order valence-corrected chi connectivity index (χ3v) is 5.66. The number of nitrogens with one attached hydrogen (secondary N) is 1. The molecule has 0 atom stereocenters. The summed E-state index contributed by atoms with van der Waals surface area (Å²) >= 11 is 0. The first kappa shape index (κ1) is 16.6. The summed E-state index contributed by atoms with van der Waals surface area (Å²) in [6.07, 6.45) is 1.74. The Morgan fingerprint density at radius 1 is 1.17 bits per heavy atom. The average molecular weight is 344 g/mol. The lowest BCUT2D eigenvalue weighted by atomic mass is 10.1. The molecule has 7 heteroatoms. The molecule has 0 aliphatic carbocycles. The molecule has 124 valence electrons. The Labute approximate surface area is 140 Å². The van der Waals surface area contributed by atoms with Gasteiger partial charge in [0.25, 0.3) is 5.91 Å². The summed E-state index contributed by atoms with van der Waals surface area (Å²) < 4.78 is 22.4. The Hall–Kier alpha value is -2.27. The first-order chi connectivity index (χ1) is 11.5. The maximum absolute atomic E-state index is 12.5. The van der Waals surface area contributed by atoms with Crippen molar-refractivity contribution in [3.8, 4) is 0 Å². The molecule has 1 aromatic carbocycles. The van der Waals surface area contributed by atoms with E-state index in [0.717, 1.165) is 11.3 Å². The van der Waals surface area contributed by atoms with Crippen molar-refractivity contribution in [2.45, 2.75) is 6.92 Å². The highest BCUT2D eigenvalue weighted by molar-refractivity contribution is 7.62. The van der Waals surface area contributed by atoms with Crippen LogP contribution in [0.1, 0.15) is 17.0 Å². The predicted octanol–water partition coefficient (Wildman–Crippen LogP) is 2.99. The number of carbonyl (C=O) groups is 1. The van der Waals surface area contributed by atoms with E-state index < -0.39 is 7.60 Å². The van der Waals surface area contributed by atoms with Crippen LogP contribution in [-0.4, -0.2) is 25.1 Å². The number of rotatable bonds is 4. The van der Waals surface area contributed by atoms with Crippen molar-refractivity contribution in [3.05, 3.63) is 53.3 Å². The molecule has 24 heavy (non-hydrogen) atoms. The van der Waals surface area contributed by atoms with E-state index in [9.17, 15) is 9.36 Å². The molecule has 1 aliphatic heterocycles. The van der Waals surface area contributed by atoms with Gasteiger partial charge in [0, 0.05) is 31.2 Å². The van der Waals surface area contributed by atoms with Gasteiger partial charge in [0.05, 0.1) is 16.6 Å². The third-order valence-electron chi connectivity index (χ3n) is 3.79. The summed E-state index contributed by atoms with van der Waals surface area (Å²) in [5.74, 6) is -0.227. The third kappa shape index (κ3) is 2.91. The van der Waals surface area contributed by atoms with E-state index in [1.807, 2.05) is 25.1 Å². The van der Waals surface area contributed by atoms with Gasteiger partial charge in [0.2, 0.25) is 0 Å². The molecule has 0 radical (unpaired) electrons. The number of nitrogens with zero attached hydrogens (tertiary/aromatic N) is 1. The zero-order valence-electron chi connectivity index (χ0n) is 13.6. The number of aromatic nitrogens is 1. The van der Waals surface area contributed by atoms with Crippen molar-refractivity contribution >= 4 is 36.1 Å². The standard InChI is InChI=1S/C17H17N2O4P/c1-11-5-4-6-12(18-11)9-15-14-8-7-13(24(21,22-2)23-3)10-16(14)19-17(15)20/h4-10H,1-3H3,(H,19,20). The largest absolute Gasteiger partial charge is 0.360 e. The van der Waals surface area contributed by atoms with Gasteiger partial charge in [0.1, 0.15) is 0 Å². The molecule has 1 N–H and O–H groups in total. The van der Waals surface area contributed by atoms with Crippen molar-refractivity contribution in [1.82, 2.24) is 4.98 Å². The fourth-order valence-electron chi connectivity index (χ4n) is 2.57. The second kappa shape index (κ2) is 6.32. The van der Waals surface area contributed by atoms with Gasteiger partial charge < -0.3 is 14.4 Å². The Morgan fingerprint density at radius 3 is 2.58 bits per heavy atom. The van der Waals surface area contributed by atoms with Gasteiger partial charge in [0.15, 0.2) is 0 Å². The lowest BCUT2D eigenvalue weighted by molar-refractivity contribution is -0.110. The van der Waals surface area contributed by atoms with Crippen LogP contribution in [0, 0.1) is 6.92 Å². The van der Waals surface area contributed by atoms with Gasteiger partial charge in [-0.1, -0.05) is 12.1 Å². The van der Waals surface area contributed by atoms with E-state index in [2.05, 4.69) is 10.3 Å². The number of aryl methyl sites for hydroxylation is 1. The van der Waals surface area contributed by atoms with Gasteiger partial charge in [-0.25, -0.2) is 0 Å². The highest BCUT2D eigenvalue weighted by Gasteiger charge is 2.30. The molecule has 1 aliphatic rings. The number of fused-ring (bicyclic) bond motifs is 1. The number of benzene rings is 1. The number of amides is 1. The van der Waals surface area contributed by atoms with Gasteiger partial charge in [-0.2, -0.15) is 0 Å².